The number of fused-ring (bicyclic) bond motifs is 23. The molecular weight excluding hydrogens is 1710 g/mol. The Balaban J connectivity index is 0.000000104. The van der Waals surface area contributed by atoms with Crippen molar-refractivity contribution >= 4 is 195 Å². The van der Waals surface area contributed by atoms with Crippen LogP contribution in [0.1, 0.15) is 0 Å². The van der Waals surface area contributed by atoms with Crippen LogP contribution in [0.5, 0.6) is 0 Å². The van der Waals surface area contributed by atoms with E-state index in [0.717, 1.165) is 76.6 Å². The molecule has 0 aliphatic carbocycles. The molecule has 3 nitrogen and oxygen atoms in total. The predicted octanol–water partition coefficient (Wildman–Crippen LogP) is 39.6. The summed E-state index contributed by atoms with van der Waals surface area (Å²) >= 11 is 0. The van der Waals surface area contributed by atoms with Gasteiger partial charge in [0.2, 0.25) is 0 Å². The van der Waals surface area contributed by atoms with Crippen LogP contribution in [0.25, 0.3) is 295 Å². The lowest BCUT2D eigenvalue weighted by atomic mass is 9.85. The van der Waals surface area contributed by atoms with Crippen LogP contribution in [-0.2, 0) is 0 Å². The molecule has 0 saturated carbocycles. The lowest BCUT2D eigenvalue weighted by molar-refractivity contribution is 0.669. The summed E-state index contributed by atoms with van der Waals surface area (Å²) in [5.74, 6) is 0. The third kappa shape index (κ3) is 13.7. The van der Waals surface area contributed by atoms with Gasteiger partial charge in [-0.3, -0.25) is 0 Å². The van der Waals surface area contributed by atoms with Crippen molar-refractivity contribution in [3.05, 3.63) is 510 Å². The SMILES string of the molecule is c1cc(-c2ccc3ccccc3c2)cc(-c2c3ccccc3c(-c3cccc(-c4ccc5oc6cc7ccccc7cc6c5c4)c3)c3ccccc23)c1.c1cc(-c2ccc3oc4c5ccccc5ccc4c3c2)cc(-c2c3ccccc3c(-c3ccc4ccccc4c3)c3ccccc23)c1.c1ccc2cc(-c3c4ccccc4c(-c4ccc5oc6c7ccccc7ccc6c5c4)c4ccccc34)ccc2c1. The van der Waals surface area contributed by atoms with Crippen LogP contribution in [0.2, 0.25) is 0 Å². The maximum Gasteiger partial charge on any atom is 0.143 e. The summed E-state index contributed by atoms with van der Waals surface area (Å²) in [5.41, 5.74) is 27.7. The number of benzene rings is 27. The second kappa shape index (κ2) is 33.2. The minimum atomic E-state index is 0.910. The van der Waals surface area contributed by atoms with Crippen LogP contribution in [0.4, 0.5) is 0 Å². The molecule has 3 heteroatoms. The zero-order chi connectivity index (χ0) is 92.7. The maximum atomic E-state index is 6.44. The Hall–Kier alpha value is -18.5. The van der Waals surface area contributed by atoms with E-state index in [9.17, 15) is 0 Å². The highest BCUT2D eigenvalue weighted by Gasteiger charge is 2.25. The van der Waals surface area contributed by atoms with Crippen molar-refractivity contribution < 1.29 is 13.3 Å². The third-order valence-corrected chi connectivity index (χ3v) is 29.4. The minimum absolute atomic E-state index is 0.910. The standard InChI is InChI=1S/C52H32O.C46H28O.C40H24O/c1-2-12-34-27-39(24-23-33(34)11-1)35-15-9-17-41(28-35)51-43-19-5-7-21-45(43)52(46-22-8-6-20-44(46)51)42-18-10-16-36(29-42)40-25-26-49-47(31-40)48-30-37-13-3-4-14-38(37)32-50(48)53-49;1-2-12-31-26-35(21-20-29(31)10-1)45-39-18-7-5-16-37(39)44(38-17-6-8-19-40(38)45)34-14-9-13-32(27-34)33-23-25-43-42(28-33)41-24-22-30-11-3-4-15-36(30)46(41)47-43;1-2-11-27-23-28(18-17-25(27)9-1)38-31-13-5-7-15-33(31)39(34-16-8-6-14-32(34)38)29-20-22-37-36(24-29)35-21-19-26-10-3-4-12-30(26)40(35)41-37/h1-32H;1-28H;1-24H. The van der Waals surface area contributed by atoms with Gasteiger partial charge >= 0.3 is 0 Å². The van der Waals surface area contributed by atoms with Gasteiger partial charge in [-0.1, -0.05) is 413 Å². The van der Waals surface area contributed by atoms with Gasteiger partial charge in [0.15, 0.2) is 0 Å². The summed E-state index contributed by atoms with van der Waals surface area (Å²) in [7, 11) is 0. The maximum absolute atomic E-state index is 6.44. The molecule has 30 rings (SSSR count). The van der Waals surface area contributed by atoms with Crippen LogP contribution < -0.4 is 0 Å². The van der Waals surface area contributed by atoms with Gasteiger partial charge in [0, 0.05) is 43.1 Å². The molecule has 141 heavy (non-hydrogen) atoms. The molecule has 30 aromatic rings. The van der Waals surface area contributed by atoms with E-state index in [2.05, 4.69) is 510 Å². The first-order chi connectivity index (χ1) is 69.9. The van der Waals surface area contributed by atoms with Crippen LogP contribution >= 0.6 is 0 Å². The number of hydrogen-bond acceptors (Lipinski definition) is 3. The summed E-state index contributed by atoms with van der Waals surface area (Å²) in [6.07, 6.45) is 0. The number of furan rings is 3. The average Bonchev–Trinajstić information content (AvgIpc) is 1.71. The Labute approximate surface area is 812 Å². The second-order valence-corrected chi connectivity index (χ2v) is 37.4. The lowest BCUT2D eigenvalue weighted by Crippen LogP contribution is -1.91. The summed E-state index contributed by atoms with van der Waals surface area (Å²) in [5, 5.41) is 36.6. The Morgan fingerprint density at radius 1 is 0.0922 bits per heavy atom. The van der Waals surface area contributed by atoms with Crippen molar-refractivity contribution in [2.45, 2.75) is 0 Å². The molecule has 0 spiro atoms. The summed E-state index contributed by atoms with van der Waals surface area (Å²) < 4.78 is 19.2. The van der Waals surface area contributed by atoms with Crippen molar-refractivity contribution in [1.82, 2.24) is 0 Å². The molecule has 0 amide bonds. The van der Waals surface area contributed by atoms with Crippen LogP contribution in [0, 0.1) is 0 Å². The van der Waals surface area contributed by atoms with Crippen molar-refractivity contribution in [1.29, 1.82) is 0 Å². The molecule has 0 bridgehead atoms. The fourth-order valence-electron chi connectivity index (χ4n) is 22.9. The van der Waals surface area contributed by atoms with Crippen molar-refractivity contribution in [2.75, 3.05) is 0 Å². The van der Waals surface area contributed by atoms with Crippen molar-refractivity contribution in [3.63, 3.8) is 0 Å². The smallest absolute Gasteiger partial charge is 0.143 e. The summed E-state index contributed by atoms with van der Waals surface area (Å²) in [6.45, 7) is 0. The lowest BCUT2D eigenvalue weighted by Gasteiger charge is -2.18. The highest BCUT2D eigenvalue weighted by Crippen LogP contribution is 2.52. The molecular formula is C138H84O3. The number of hydrogen-bond donors (Lipinski definition) is 0. The first-order valence-electron chi connectivity index (χ1n) is 48.5. The van der Waals surface area contributed by atoms with Crippen LogP contribution in [-0.4, -0.2) is 0 Å². The fourth-order valence-corrected chi connectivity index (χ4v) is 22.9. The average molecular weight is 1790 g/mol. The molecule has 27 aromatic carbocycles. The predicted molar refractivity (Wildman–Crippen MR) is 600 cm³/mol. The molecule has 0 saturated heterocycles. The molecule has 0 unspecified atom stereocenters. The molecule has 654 valence electrons. The summed E-state index contributed by atoms with van der Waals surface area (Å²) in [6, 6.07) is 185. The molecule has 3 heterocycles. The van der Waals surface area contributed by atoms with Gasteiger partial charge in [-0.15, -0.1) is 0 Å². The van der Waals surface area contributed by atoms with Crippen molar-refractivity contribution in [3.8, 4) is 100 Å². The van der Waals surface area contributed by atoms with E-state index in [1.54, 1.807) is 0 Å². The Kier molecular flexibility index (Phi) is 19.0. The fraction of sp³-hybridized carbons (Fsp3) is 0. The van der Waals surface area contributed by atoms with E-state index in [0.29, 0.717) is 0 Å². The van der Waals surface area contributed by atoms with E-state index >= 15 is 0 Å². The first-order valence-corrected chi connectivity index (χ1v) is 48.5. The summed E-state index contributed by atoms with van der Waals surface area (Å²) in [4.78, 5) is 0. The van der Waals surface area contributed by atoms with Gasteiger partial charge in [0.05, 0.1) is 0 Å². The Bertz CT molecular complexity index is 10300. The first kappa shape index (κ1) is 80.9. The van der Waals surface area contributed by atoms with E-state index in [1.165, 1.54) is 219 Å². The molecule has 0 aliphatic heterocycles. The van der Waals surface area contributed by atoms with Gasteiger partial charge in [-0.05, 0) is 316 Å². The van der Waals surface area contributed by atoms with Gasteiger partial charge in [-0.25, -0.2) is 0 Å². The highest BCUT2D eigenvalue weighted by molar-refractivity contribution is 6.27. The third-order valence-electron chi connectivity index (χ3n) is 29.4. The Morgan fingerprint density at radius 3 is 0.645 bits per heavy atom. The van der Waals surface area contributed by atoms with Crippen LogP contribution in [0.15, 0.2) is 523 Å². The molecule has 0 aliphatic rings. The zero-order valence-corrected chi connectivity index (χ0v) is 76.7. The van der Waals surface area contributed by atoms with Gasteiger partial charge in [0.25, 0.3) is 0 Å². The molecule has 0 fully saturated rings. The second-order valence-electron chi connectivity index (χ2n) is 37.4. The molecule has 3 aromatic heterocycles. The molecule has 0 N–H and O–H groups in total. The monoisotopic (exact) mass is 1790 g/mol. The molecule has 0 atom stereocenters. The van der Waals surface area contributed by atoms with E-state index in [1.807, 2.05) is 0 Å². The zero-order valence-electron chi connectivity index (χ0n) is 76.7. The van der Waals surface area contributed by atoms with Crippen molar-refractivity contribution in [2.24, 2.45) is 0 Å². The van der Waals surface area contributed by atoms with E-state index in [-0.39, 0.29) is 0 Å². The highest BCUT2D eigenvalue weighted by atomic mass is 16.3. The number of rotatable bonds is 9. The molecule has 0 radical (unpaired) electrons. The largest absolute Gasteiger partial charge is 0.456 e. The van der Waals surface area contributed by atoms with Crippen LogP contribution in [0.3, 0.4) is 0 Å². The normalized spacial score (nSPS) is 11.8. The quantitative estimate of drug-likeness (QED) is 0.135. The van der Waals surface area contributed by atoms with Gasteiger partial charge in [-0.2, -0.15) is 0 Å². The van der Waals surface area contributed by atoms with E-state index in [4.69, 9.17) is 13.3 Å². The Morgan fingerprint density at radius 2 is 0.298 bits per heavy atom. The minimum Gasteiger partial charge on any atom is -0.456 e. The topological polar surface area (TPSA) is 39.4 Å². The van der Waals surface area contributed by atoms with Gasteiger partial charge < -0.3 is 13.3 Å². The van der Waals surface area contributed by atoms with Gasteiger partial charge in [0.1, 0.15) is 33.5 Å². The van der Waals surface area contributed by atoms with E-state index < -0.39 is 0 Å².